The topological polar surface area (TPSA) is 61.7 Å². The highest BCUT2D eigenvalue weighted by Gasteiger charge is 2.24. The van der Waals surface area contributed by atoms with Crippen LogP contribution in [-0.2, 0) is 5.41 Å². The van der Waals surface area contributed by atoms with Crippen molar-refractivity contribution in [2.45, 2.75) is 26.2 Å². The van der Waals surface area contributed by atoms with Crippen LogP contribution in [0.25, 0.3) is 11.3 Å². The summed E-state index contributed by atoms with van der Waals surface area (Å²) in [5.74, 6) is 1.45. The summed E-state index contributed by atoms with van der Waals surface area (Å²) in [6.07, 6.45) is 1.74. The van der Waals surface area contributed by atoms with Crippen molar-refractivity contribution in [3.05, 3.63) is 35.8 Å². The van der Waals surface area contributed by atoms with Crippen molar-refractivity contribution in [2.75, 3.05) is 7.11 Å². The second-order valence-electron chi connectivity index (χ2n) is 5.09. The van der Waals surface area contributed by atoms with Gasteiger partial charge in [-0.15, -0.1) is 0 Å². The highest BCUT2D eigenvalue weighted by Crippen LogP contribution is 2.31. The Morgan fingerprint density at radius 3 is 2.74 bits per heavy atom. The summed E-state index contributed by atoms with van der Waals surface area (Å²) < 4.78 is 5.36. The summed E-state index contributed by atoms with van der Waals surface area (Å²) in [7, 11) is 1.64. The van der Waals surface area contributed by atoms with Gasteiger partial charge in [-0.05, 0) is 32.9 Å². The molecular weight excluding hydrogens is 238 g/mol. The molecule has 1 aromatic heterocycles. The summed E-state index contributed by atoms with van der Waals surface area (Å²) in [4.78, 5) is 7.52. The molecule has 2 rings (SSSR count). The molecule has 4 nitrogen and oxygen atoms in total. The van der Waals surface area contributed by atoms with Gasteiger partial charge in [0.15, 0.2) is 0 Å². The summed E-state index contributed by atoms with van der Waals surface area (Å²) in [6.45, 7) is 5.70. The van der Waals surface area contributed by atoms with Gasteiger partial charge >= 0.3 is 0 Å². The number of aromatic amines is 1. The molecule has 1 heterocycles. The summed E-state index contributed by atoms with van der Waals surface area (Å²) >= 11 is 0. The van der Waals surface area contributed by atoms with Gasteiger partial charge in [-0.1, -0.05) is 11.6 Å². The Kier molecular flexibility index (Phi) is 3.30. The molecule has 98 valence electrons. The SMILES string of the molecule is COc1ccc(C)cc1-c1cnc(C(C)(C)C#N)[nH]1. The van der Waals surface area contributed by atoms with Crippen LogP contribution in [0.1, 0.15) is 25.2 Å². The second-order valence-corrected chi connectivity index (χ2v) is 5.09. The number of benzene rings is 1. The van der Waals surface area contributed by atoms with Gasteiger partial charge in [-0.2, -0.15) is 5.26 Å². The number of hydrogen-bond acceptors (Lipinski definition) is 3. The Morgan fingerprint density at radius 1 is 1.37 bits per heavy atom. The minimum absolute atomic E-state index is 0.630. The maximum absolute atomic E-state index is 9.14. The minimum Gasteiger partial charge on any atom is -0.496 e. The van der Waals surface area contributed by atoms with Crippen molar-refractivity contribution in [2.24, 2.45) is 0 Å². The molecule has 0 radical (unpaired) electrons. The third kappa shape index (κ3) is 2.45. The van der Waals surface area contributed by atoms with Crippen molar-refractivity contribution in [1.29, 1.82) is 5.26 Å². The Morgan fingerprint density at radius 2 is 2.11 bits per heavy atom. The lowest BCUT2D eigenvalue weighted by atomic mass is 9.95. The molecule has 0 amide bonds. The van der Waals surface area contributed by atoms with Gasteiger partial charge in [-0.25, -0.2) is 4.98 Å². The molecule has 0 atom stereocenters. The van der Waals surface area contributed by atoms with Crippen LogP contribution in [0.15, 0.2) is 24.4 Å². The van der Waals surface area contributed by atoms with Gasteiger partial charge in [0.25, 0.3) is 0 Å². The number of imidazole rings is 1. The zero-order chi connectivity index (χ0) is 14.0. The van der Waals surface area contributed by atoms with E-state index in [1.165, 1.54) is 0 Å². The van der Waals surface area contributed by atoms with Crippen LogP contribution in [0.3, 0.4) is 0 Å². The first kappa shape index (κ1) is 13.2. The molecule has 0 spiro atoms. The Bertz CT molecular complexity index is 635. The predicted octanol–water partition coefficient (Wildman–Crippen LogP) is 3.19. The van der Waals surface area contributed by atoms with Crippen LogP contribution in [0.4, 0.5) is 0 Å². The molecule has 0 saturated heterocycles. The third-order valence-electron chi connectivity index (χ3n) is 3.09. The van der Waals surface area contributed by atoms with Crippen molar-refractivity contribution in [3.8, 4) is 23.1 Å². The monoisotopic (exact) mass is 255 g/mol. The second kappa shape index (κ2) is 4.77. The van der Waals surface area contributed by atoms with Crippen molar-refractivity contribution in [1.82, 2.24) is 9.97 Å². The molecule has 19 heavy (non-hydrogen) atoms. The molecule has 0 unspecified atom stereocenters. The average Bonchev–Trinajstić information content (AvgIpc) is 2.89. The Labute approximate surface area is 113 Å². The van der Waals surface area contributed by atoms with Gasteiger partial charge in [0.1, 0.15) is 17.0 Å². The van der Waals surface area contributed by atoms with E-state index in [4.69, 9.17) is 10.00 Å². The number of H-pyrrole nitrogens is 1. The first-order chi connectivity index (χ1) is 8.97. The molecule has 4 heteroatoms. The standard InChI is InChI=1S/C15H17N3O/c1-10-5-6-13(19-4)11(7-10)12-8-17-14(18-12)15(2,3)9-16/h5-8H,1-4H3,(H,17,18). The lowest BCUT2D eigenvalue weighted by Gasteiger charge is -2.11. The van der Waals surface area contributed by atoms with Crippen LogP contribution in [-0.4, -0.2) is 17.1 Å². The Balaban J connectivity index is 2.50. The molecule has 0 bridgehead atoms. The smallest absolute Gasteiger partial charge is 0.128 e. The first-order valence-electron chi connectivity index (χ1n) is 6.09. The maximum Gasteiger partial charge on any atom is 0.128 e. The van der Waals surface area contributed by atoms with E-state index < -0.39 is 5.41 Å². The summed E-state index contributed by atoms with van der Waals surface area (Å²) in [6, 6.07) is 8.20. The number of aryl methyl sites for hydroxylation is 1. The Hall–Kier alpha value is -2.28. The molecule has 1 aromatic carbocycles. The van der Waals surface area contributed by atoms with Gasteiger partial charge < -0.3 is 9.72 Å². The fourth-order valence-electron chi connectivity index (χ4n) is 1.86. The fraction of sp³-hybridized carbons (Fsp3) is 0.333. The van der Waals surface area contributed by atoms with E-state index in [9.17, 15) is 0 Å². The van der Waals surface area contributed by atoms with E-state index in [1.807, 2.05) is 39.0 Å². The molecule has 1 N–H and O–H groups in total. The van der Waals surface area contributed by atoms with Crippen molar-refractivity contribution in [3.63, 3.8) is 0 Å². The number of nitrogens with one attached hydrogen (secondary N) is 1. The molecule has 0 aliphatic carbocycles. The fourth-order valence-corrected chi connectivity index (χ4v) is 1.86. The van der Waals surface area contributed by atoms with Gasteiger partial charge in [-0.3, -0.25) is 0 Å². The number of nitrogens with zero attached hydrogens (tertiary/aromatic N) is 2. The van der Waals surface area contributed by atoms with Gasteiger partial charge in [0.2, 0.25) is 0 Å². The van der Waals surface area contributed by atoms with Crippen molar-refractivity contribution >= 4 is 0 Å². The highest BCUT2D eigenvalue weighted by atomic mass is 16.5. The quantitative estimate of drug-likeness (QED) is 0.916. The minimum atomic E-state index is -0.630. The number of rotatable bonds is 3. The molecule has 0 fully saturated rings. The van der Waals surface area contributed by atoms with Crippen LogP contribution in [0.5, 0.6) is 5.75 Å². The molecule has 0 aliphatic rings. The van der Waals surface area contributed by atoms with Crippen LogP contribution >= 0.6 is 0 Å². The summed E-state index contributed by atoms with van der Waals surface area (Å²) in [5, 5.41) is 9.14. The molecular formula is C15H17N3O. The van der Waals surface area contributed by atoms with Crippen LogP contribution < -0.4 is 4.74 Å². The molecule has 2 aromatic rings. The van der Waals surface area contributed by atoms with E-state index in [0.29, 0.717) is 5.82 Å². The number of hydrogen-bond donors (Lipinski definition) is 1. The normalized spacial score (nSPS) is 11.1. The van der Waals surface area contributed by atoms with E-state index in [-0.39, 0.29) is 0 Å². The highest BCUT2D eigenvalue weighted by molar-refractivity contribution is 5.67. The summed E-state index contributed by atoms with van der Waals surface area (Å²) in [5.41, 5.74) is 2.33. The zero-order valence-electron chi connectivity index (χ0n) is 11.6. The lowest BCUT2D eigenvalue weighted by Crippen LogP contribution is -2.15. The van der Waals surface area contributed by atoms with Crippen molar-refractivity contribution < 1.29 is 4.74 Å². The lowest BCUT2D eigenvalue weighted by molar-refractivity contribution is 0.416. The molecule has 0 saturated carbocycles. The van der Waals surface area contributed by atoms with Gasteiger partial charge in [0.05, 0.1) is 25.1 Å². The van der Waals surface area contributed by atoms with Crippen LogP contribution in [0.2, 0.25) is 0 Å². The van der Waals surface area contributed by atoms with E-state index in [0.717, 1.165) is 22.6 Å². The number of ether oxygens (including phenoxy) is 1. The average molecular weight is 255 g/mol. The first-order valence-corrected chi connectivity index (χ1v) is 6.09. The number of aromatic nitrogens is 2. The third-order valence-corrected chi connectivity index (χ3v) is 3.09. The van der Waals surface area contributed by atoms with E-state index >= 15 is 0 Å². The molecule has 0 aliphatic heterocycles. The van der Waals surface area contributed by atoms with E-state index in [1.54, 1.807) is 13.3 Å². The predicted molar refractivity (Wildman–Crippen MR) is 74.0 cm³/mol. The maximum atomic E-state index is 9.14. The largest absolute Gasteiger partial charge is 0.496 e. The van der Waals surface area contributed by atoms with Crippen LogP contribution in [0, 0.1) is 18.3 Å². The van der Waals surface area contributed by atoms with E-state index in [2.05, 4.69) is 16.0 Å². The van der Waals surface area contributed by atoms with Gasteiger partial charge in [0, 0.05) is 5.56 Å². The number of nitriles is 1. The number of methoxy groups -OCH3 is 1. The zero-order valence-corrected chi connectivity index (χ0v) is 11.6.